The molecule has 0 unspecified atom stereocenters. The summed E-state index contributed by atoms with van der Waals surface area (Å²) in [5.74, 6) is -2.12. The van der Waals surface area contributed by atoms with Crippen LogP contribution in [0.3, 0.4) is 0 Å². The molecule has 2 aromatic carbocycles. The summed E-state index contributed by atoms with van der Waals surface area (Å²) in [6.45, 7) is 1.33. The minimum absolute atomic E-state index is 0.0715. The Labute approximate surface area is 160 Å². The van der Waals surface area contributed by atoms with Gasteiger partial charge in [0.25, 0.3) is 5.91 Å². The molecule has 1 amide bonds. The van der Waals surface area contributed by atoms with E-state index in [0.717, 1.165) is 12.1 Å². The number of carbonyl (C=O) groups excluding carboxylic acids is 2. The number of anilines is 1. The molecular formula is C17H16ClFN2O5S. The molecule has 2 rings (SSSR count). The van der Waals surface area contributed by atoms with Crippen molar-refractivity contribution in [1.29, 1.82) is 0 Å². The fraction of sp³-hybridized carbons (Fsp3) is 0.176. The van der Waals surface area contributed by atoms with Crippen LogP contribution in [0.4, 0.5) is 10.1 Å². The number of rotatable bonds is 6. The first-order chi connectivity index (χ1) is 12.6. The van der Waals surface area contributed by atoms with Gasteiger partial charge in [-0.3, -0.25) is 4.79 Å². The van der Waals surface area contributed by atoms with E-state index in [1.54, 1.807) is 0 Å². The van der Waals surface area contributed by atoms with Crippen molar-refractivity contribution in [3.05, 3.63) is 58.9 Å². The summed E-state index contributed by atoms with van der Waals surface area (Å²) >= 11 is 5.86. The predicted octanol–water partition coefficient (Wildman–Crippen LogP) is 2.57. The lowest BCUT2D eigenvalue weighted by Crippen LogP contribution is -2.30. The maximum absolute atomic E-state index is 13.1. The normalized spacial score (nSPS) is 12.3. The average molecular weight is 415 g/mol. The molecule has 1 atom stereocenters. The molecule has 144 valence electrons. The van der Waals surface area contributed by atoms with Gasteiger partial charge in [-0.25, -0.2) is 22.3 Å². The van der Waals surface area contributed by atoms with Crippen molar-refractivity contribution in [1.82, 2.24) is 4.72 Å². The molecule has 27 heavy (non-hydrogen) atoms. The highest BCUT2D eigenvalue weighted by atomic mass is 35.5. The first kappa shape index (κ1) is 20.8. The zero-order chi connectivity index (χ0) is 20.2. The van der Waals surface area contributed by atoms with E-state index in [1.165, 1.54) is 44.3 Å². The number of halogens is 2. The van der Waals surface area contributed by atoms with Crippen molar-refractivity contribution in [2.45, 2.75) is 17.9 Å². The first-order valence-corrected chi connectivity index (χ1v) is 9.50. The smallest absolute Gasteiger partial charge is 0.338 e. The lowest BCUT2D eigenvalue weighted by molar-refractivity contribution is -0.123. The van der Waals surface area contributed by atoms with Gasteiger partial charge in [-0.1, -0.05) is 17.7 Å². The summed E-state index contributed by atoms with van der Waals surface area (Å²) in [6.07, 6.45) is -1.21. The van der Waals surface area contributed by atoms with Crippen LogP contribution in [0.2, 0.25) is 5.02 Å². The number of ether oxygens (including phenoxy) is 1. The van der Waals surface area contributed by atoms with Gasteiger partial charge in [0, 0.05) is 5.69 Å². The summed E-state index contributed by atoms with van der Waals surface area (Å²) in [5.41, 5.74) is 0.107. The molecule has 0 fully saturated rings. The number of esters is 1. The van der Waals surface area contributed by atoms with E-state index < -0.39 is 33.8 Å². The number of amides is 1. The molecule has 0 bridgehead atoms. The molecule has 0 spiro atoms. The van der Waals surface area contributed by atoms with E-state index in [-0.39, 0.29) is 21.2 Å². The highest BCUT2D eigenvalue weighted by Gasteiger charge is 2.22. The minimum Gasteiger partial charge on any atom is -0.449 e. The van der Waals surface area contributed by atoms with Crippen LogP contribution in [0, 0.1) is 5.82 Å². The SMILES string of the molecule is CNS(=O)(=O)c1cc(C(=O)O[C@H](C)C(=O)Nc2cccc(F)c2)ccc1Cl. The third kappa shape index (κ3) is 5.25. The van der Waals surface area contributed by atoms with Crippen molar-refractivity contribution in [3.8, 4) is 0 Å². The predicted molar refractivity (Wildman–Crippen MR) is 97.6 cm³/mol. The van der Waals surface area contributed by atoms with Gasteiger partial charge in [-0.05, 0) is 50.4 Å². The zero-order valence-electron chi connectivity index (χ0n) is 14.3. The van der Waals surface area contributed by atoms with Crippen molar-refractivity contribution >= 4 is 39.2 Å². The number of sulfonamides is 1. The number of nitrogens with one attached hydrogen (secondary N) is 2. The van der Waals surface area contributed by atoms with Gasteiger partial charge in [0.15, 0.2) is 6.10 Å². The monoisotopic (exact) mass is 414 g/mol. The largest absolute Gasteiger partial charge is 0.449 e. The molecule has 2 aromatic rings. The van der Waals surface area contributed by atoms with Crippen LogP contribution in [-0.4, -0.2) is 33.4 Å². The van der Waals surface area contributed by atoms with Crippen LogP contribution in [0.15, 0.2) is 47.4 Å². The highest BCUT2D eigenvalue weighted by molar-refractivity contribution is 7.89. The molecule has 0 aliphatic rings. The molecule has 0 aliphatic heterocycles. The Morgan fingerprint density at radius 3 is 2.52 bits per heavy atom. The van der Waals surface area contributed by atoms with Crippen LogP contribution in [0.5, 0.6) is 0 Å². The number of carbonyl (C=O) groups is 2. The van der Waals surface area contributed by atoms with E-state index in [2.05, 4.69) is 10.0 Å². The first-order valence-electron chi connectivity index (χ1n) is 7.64. The fourth-order valence-electron chi connectivity index (χ4n) is 2.04. The molecule has 2 N–H and O–H groups in total. The molecule has 7 nitrogen and oxygen atoms in total. The molecule has 0 saturated heterocycles. The molecule has 0 radical (unpaired) electrons. The highest BCUT2D eigenvalue weighted by Crippen LogP contribution is 2.23. The standard InChI is InChI=1S/C17H16ClFN2O5S/c1-10(16(22)21-13-5-3-4-12(19)9-13)26-17(23)11-6-7-14(18)15(8-11)27(24,25)20-2/h3-10,20H,1-2H3,(H,21,22)/t10-/m1/s1. The summed E-state index contributed by atoms with van der Waals surface area (Å²) in [7, 11) is -2.68. The van der Waals surface area contributed by atoms with E-state index >= 15 is 0 Å². The third-order valence-corrected chi connectivity index (χ3v) is 5.37. The van der Waals surface area contributed by atoms with Crippen LogP contribution in [-0.2, 0) is 19.6 Å². The van der Waals surface area contributed by atoms with Gasteiger partial charge < -0.3 is 10.1 Å². The molecular weight excluding hydrogens is 399 g/mol. The Morgan fingerprint density at radius 2 is 1.89 bits per heavy atom. The lowest BCUT2D eigenvalue weighted by atomic mass is 10.2. The Kier molecular flexibility index (Phi) is 6.53. The van der Waals surface area contributed by atoms with Gasteiger partial charge in [-0.15, -0.1) is 0 Å². The summed E-state index contributed by atoms with van der Waals surface area (Å²) in [4.78, 5) is 24.0. The summed E-state index contributed by atoms with van der Waals surface area (Å²) in [6, 6.07) is 8.78. The van der Waals surface area contributed by atoms with Crippen LogP contribution >= 0.6 is 11.6 Å². The zero-order valence-corrected chi connectivity index (χ0v) is 15.9. The second-order valence-electron chi connectivity index (χ2n) is 5.40. The van der Waals surface area contributed by atoms with Crippen LogP contribution in [0.1, 0.15) is 17.3 Å². The van der Waals surface area contributed by atoms with Gasteiger partial charge in [-0.2, -0.15) is 0 Å². The Morgan fingerprint density at radius 1 is 1.19 bits per heavy atom. The van der Waals surface area contributed by atoms with Crippen LogP contribution in [0.25, 0.3) is 0 Å². The number of hydrogen-bond acceptors (Lipinski definition) is 5. The van der Waals surface area contributed by atoms with Gasteiger partial charge in [0.1, 0.15) is 10.7 Å². The summed E-state index contributed by atoms with van der Waals surface area (Å²) < 4.78 is 44.1. The Bertz CT molecular complexity index is 981. The van der Waals surface area contributed by atoms with E-state index in [9.17, 15) is 22.4 Å². The molecule has 0 saturated carbocycles. The van der Waals surface area contributed by atoms with Crippen molar-refractivity contribution in [2.75, 3.05) is 12.4 Å². The topological polar surface area (TPSA) is 102 Å². The Balaban J connectivity index is 2.12. The molecule has 10 heteroatoms. The quantitative estimate of drug-likeness (QED) is 0.707. The van der Waals surface area contributed by atoms with E-state index in [4.69, 9.17) is 16.3 Å². The second kappa shape index (κ2) is 8.47. The van der Waals surface area contributed by atoms with Crippen molar-refractivity contribution < 1.29 is 27.1 Å². The third-order valence-electron chi connectivity index (χ3n) is 3.47. The maximum atomic E-state index is 13.1. The molecule has 0 aliphatic carbocycles. The number of benzene rings is 2. The van der Waals surface area contributed by atoms with E-state index in [0.29, 0.717) is 0 Å². The van der Waals surface area contributed by atoms with E-state index in [1.807, 2.05) is 0 Å². The molecule has 0 heterocycles. The lowest BCUT2D eigenvalue weighted by Gasteiger charge is -2.14. The number of hydrogen-bond donors (Lipinski definition) is 2. The average Bonchev–Trinajstić information content (AvgIpc) is 2.61. The Hall–Kier alpha value is -2.49. The van der Waals surface area contributed by atoms with Gasteiger partial charge in [0.2, 0.25) is 10.0 Å². The minimum atomic E-state index is -3.88. The molecule has 0 aromatic heterocycles. The maximum Gasteiger partial charge on any atom is 0.338 e. The van der Waals surface area contributed by atoms with Crippen molar-refractivity contribution in [2.24, 2.45) is 0 Å². The van der Waals surface area contributed by atoms with Gasteiger partial charge in [0.05, 0.1) is 10.6 Å². The van der Waals surface area contributed by atoms with Crippen molar-refractivity contribution in [3.63, 3.8) is 0 Å². The summed E-state index contributed by atoms with van der Waals surface area (Å²) in [5, 5.41) is 2.34. The van der Waals surface area contributed by atoms with Gasteiger partial charge >= 0.3 is 5.97 Å². The fourth-order valence-corrected chi connectivity index (χ4v) is 3.29. The second-order valence-corrected chi connectivity index (χ2v) is 7.66. The van der Waals surface area contributed by atoms with Crippen LogP contribution < -0.4 is 10.0 Å².